The van der Waals surface area contributed by atoms with Crippen molar-refractivity contribution in [2.75, 3.05) is 33.2 Å². The molecular weight excluding hydrogens is 387 g/mol. The van der Waals surface area contributed by atoms with E-state index < -0.39 is 0 Å². The van der Waals surface area contributed by atoms with Crippen LogP contribution in [0.1, 0.15) is 36.2 Å². The summed E-state index contributed by atoms with van der Waals surface area (Å²) in [7, 11) is 2.18. The predicted octanol–water partition coefficient (Wildman–Crippen LogP) is 4.15. The number of piperidine rings is 2. The van der Waals surface area contributed by atoms with Gasteiger partial charge in [-0.2, -0.15) is 0 Å². The standard InChI is InChI=1S/C22H25FN4OS/c1-25-10-4-8-22(14-25)9-5-11-26(15-22)20(28)19-13-29-21-24-18(12-27(19)21)16-6-2-3-7-17(16)23/h2-3,6-7,12-13H,4-5,8-11,14-15H2,1H3/t22-/m1/s1. The lowest BCUT2D eigenvalue weighted by atomic mass is 9.74. The molecule has 0 unspecified atom stereocenters. The predicted molar refractivity (Wildman–Crippen MR) is 113 cm³/mol. The highest BCUT2D eigenvalue weighted by molar-refractivity contribution is 7.15. The third-order valence-electron chi connectivity index (χ3n) is 6.38. The maximum absolute atomic E-state index is 14.2. The van der Waals surface area contributed by atoms with Gasteiger partial charge in [0.25, 0.3) is 5.91 Å². The van der Waals surface area contributed by atoms with E-state index in [1.807, 2.05) is 14.7 Å². The number of fused-ring (bicyclic) bond motifs is 1. The Labute approximate surface area is 173 Å². The van der Waals surface area contributed by atoms with Crippen molar-refractivity contribution in [1.82, 2.24) is 19.2 Å². The summed E-state index contributed by atoms with van der Waals surface area (Å²) in [5.41, 5.74) is 1.88. The van der Waals surface area contributed by atoms with Gasteiger partial charge in [0, 0.05) is 42.2 Å². The van der Waals surface area contributed by atoms with Gasteiger partial charge in [0.1, 0.15) is 11.5 Å². The van der Waals surface area contributed by atoms with Crippen LogP contribution < -0.4 is 0 Å². The summed E-state index contributed by atoms with van der Waals surface area (Å²) in [5, 5.41) is 1.88. The fourth-order valence-electron chi connectivity index (χ4n) is 5.07. The largest absolute Gasteiger partial charge is 0.337 e. The summed E-state index contributed by atoms with van der Waals surface area (Å²) in [5.74, 6) is -0.244. The average molecular weight is 413 g/mol. The van der Waals surface area contributed by atoms with Gasteiger partial charge in [-0.25, -0.2) is 9.37 Å². The SMILES string of the molecule is CN1CCC[C@@]2(CCCN(C(=O)c3csc4nc(-c5ccccc5F)cn34)C2)C1. The van der Waals surface area contributed by atoms with Crippen molar-refractivity contribution in [2.24, 2.45) is 5.41 Å². The molecule has 1 spiro atoms. The summed E-state index contributed by atoms with van der Waals surface area (Å²) < 4.78 is 16.0. The number of carbonyl (C=O) groups is 1. The molecule has 0 N–H and O–H groups in total. The van der Waals surface area contributed by atoms with Crippen LogP contribution in [0.15, 0.2) is 35.8 Å². The number of amides is 1. The first kappa shape index (κ1) is 18.8. The maximum atomic E-state index is 14.2. The van der Waals surface area contributed by atoms with Crippen LogP contribution in [0.2, 0.25) is 0 Å². The van der Waals surface area contributed by atoms with E-state index in [0.717, 1.165) is 37.6 Å². The smallest absolute Gasteiger partial charge is 0.271 e. The van der Waals surface area contributed by atoms with Gasteiger partial charge in [0.2, 0.25) is 0 Å². The molecule has 152 valence electrons. The van der Waals surface area contributed by atoms with Crippen molar-refractivity contribution in [2.45, 2.75) is 25.7 Å². The van der Waals surface area contributed by atoms with Gasteiger partial charge in [-0.3, -0.25) is 9.20 Å². The number of carbonyl (C=O) groups excluding carboxylic acids is 1. The van der Waals surface area contributed by atoms with Crippen LogP contribution >= 0.6 is 11.3 Å². The van der Waals surface area contributed by atoms with Crippen LogP contribution in [-0.2, 0) is 0 Å². The van der Waals surface area contributed by atoms with Crippen LogP contribution in [0.3, 0.4) is 0 Å². The minimum absolute atomic E-state index is 0.0565. The van der Waals surface area contributed by atoms with Gasteiger partial charge < -0.3 is 9.80 Å². The Hall–Kier alpha value is -2.25. The summed E-state index contributed by atoms with van der Waals surface area (Å²) >= 11 is 1.43. The zero-order chi connectivity index (χ0) is 20.0. The third kappa shape index (κ3) is 3.36. The summed E-state index contributed by atoms with van der Waals surface area (Å²) in [6.45, 7) is 3.84. The fourth-order valence-corrected chi connectivity index (χ4v) is 5.91. The second kappa shape index (κ2) is 7.22. The molecule has 1 aromatic carbocycles. The number of thiazole rings is 1. The monoisotopic (exact) mass is 412 g/mol. The number of aromatic nitrogens is 2. The molecule has 2 aliphatic rings. The van der Waals surface area contributed by atoms with E-state index >= 15 is 0 Å². The first-order valence-corrected chi connectivity index (χ1v) is 11.1. The van der Waals surface area contributed by atoms with Gasteiger partial charge in [0.05, 0.1) is 5.69 Å². The van der Waals surface area contributed by atoms with Crippen molar-refractivity contribution in [3.8, 4) is 11.3 Å². The van der Waals surface area contributed by atoms with Crippen molar-refractivity contribution >= 4 is 22.2 Å². The molecule has 0 saturated carbocycles. The van der Waals surface area contributed by atoms with Crippen LogP contribution in [0.25, 0.3) is 16.2 Å². The van der Waals surface area contributed by atoms with Gasteiger partial charge in [0.15, 0.2) is 4.96 Å². The van der Waals surface area contributed by atoms with Gasteiger partial charge in [-0.05, 0) is 51.4 Å². The quantitative estimate of drug-likeness (QED) is 0.635. The number of halogens is 1. The highest BCUT2D eigenvalue weighted by Crippen LogP contribution is 2.38. The lowest BCUT2D eigenvalue weighted by Crippen LogP contribution is -2.53. The number of nitrogens with zero attached hydrogens (tertiary/aromatic N) is 4. The zero-order valence-corrected chi connectivity index (χ0v) is 17.4. The number of likely N-dealkylation sites (tertiary alicyclic amines) is 2. The number of hydrogen-bond donors (Lipinski definition) is 0. The van der Waals surface area contributed by atoms with Crippen LogP contribution in [-0.4, -0.2) is 58.3 Å². The van der Waals surface area contributed by atoms with E-state index in [4.69, 9.17) is 0 Å². The molecule has 7 heteroatoms. The normalized spacial score (nSPS) is 23.2. The van der Waals surface area contributed by atoms with Gasteiger partial charge in [-0.15, -0.1) is 11.3 Å². The highest BCUT2D eigenvalue weighted by atomic mass is 32.1. The Morgan fingerprint density at radius 3 is 2.76 bits per heavy atom. The van der Waals surface area contributed by atoms with Crippen LogP contribution in [0.5, 0.6) is 0 Å². The van der Waals surface area contributed by atoms with E-state index in [2.05, 4.69) is 16.9 Å². The minimum atomic E-state index is -0.300. The average Bonchev–Trinajstić information content (AvgIpc) is 3.28. The van der Waals surface area contributed by atoms with Crippen molar-refractivity contribution in [1.29, 1.82) is 0 Å². The molecule has 1 atom stereocenters. The Balaban J connectivity index is 1.43. The Morgan fingerprint density at radius 1 is 1.17 bits per heavy atom. The molecule has 0 radical (unpaired) electrons. The van der Waals surface area contributed by atoms with E-state index in [1.54, 1.807) is 24.4 Å². The molecule has 2 aromatic heterocycles. The third-order valence-corrected chi connectivity index (χ3v) is 7.22. The summed E-state index contributed by atoms with van der Waals surface area (Å²) in [4.78, 5) is 23.1. The second-order valence-corrected chi connectivity index (χ2v) is 9.39. The van der Waals surface area contributed by atoms with Gasteiger partial charge in [-0.1, -0.05) is 12.1 Å². The lowest BCUT2D eigenvalue weighted by molar-refractivity contribution is 0.0203. The fraction of sp³-hybridized carbons (Fsp3) is 0.455. The van der Waals surface area contributed by atoms with Crippen molar-refractivity contribution in [3.05, 3.63) is 47.4 Å². The van der Waals surface area contributed by atoms with Gasteiger partial charge >= 0.3 is 0 Å². The maximum Gasteiger partial charge on any atom is 0.271 e. The number of hydrogen-bond acceptors (Lipinski definition) is 4. The van der Waals surface area contributed by atoms with E-state index in [9.17, 15) is 9.18 Å². The zero-order valence-electron chi connectivity index (χ0n) is 16.6. The molecule has 5 rings (SSSR count). The number of benzene rings is 1. The Kier molecular flexibility index (Phi) is 4.67. The topological polar surface area (TPSA) is 40.8 Å². The molecule has 5 nitrogen and oxygen atoms in total. The first-order chi connectivity index (χ1) is 14.0. The molecule has 0 bridgehead atoms. The highest BCUT2D eigenvalue weighted by Gasteiger charge is 2.40. The van der Waals surface area contributed by atoms with E-state index in [1.165, 1.54) is 36.7 Å². The summed E-state index contributed by atoms with van der Waals surface area (Å²) in [6, 6.07) is 6.62. The Morgan fingerprint density at radius 2 is 1.97 bits per heavy atom. The lowest BCUT2D eigenvalue weighted by Gasteiger charge is -2.47. The van der Waals surface area contributed by atoms with Crippen LogP contribution in [0, 0.1) is 11.2 Å². The number of imidazole rings is 1. The molecule has 3 aromatic rings. The molecule has 1 amide bonds. The molecule has 2 saturated heterocycles. The summed E-state index contributed by atoms with van der Waals surface area (Å²) in [6.07, 6.45) is 6.43. The molecule has 29 heavy (non-hydrogen) atoms. The van der Waals surface area contributed by atoms with E-state index in [-0.39, 0.29) is 17.1 Å². The first-order valence-electron chi connectivity index (χ1n) is 10.2. The van der Waals surface area contributed by atoms with Crippen LogP contribution in [0.4, 0.5) is 4.39 Å². The second-order valence-electron chi connectivity index (χ2n) is 8.55. The minimum Gasteiger partial charge on any atom is -0.337 e. The molecule has 2 aliphatic heterocycles. The van der Waals surface area contributed by atoms with Crippen molar-refractivity contribution in [3.63, 3.8) is 0 Å². The molecule has 2 fully saturated rings. The number of rotatable bonds is 2. The van der Waals surface area contributed by atoms with Crippen molar-refractivity contribution < 1.29 is 9.18 Å². The Bertz CT molecular complexity index is 1060. The molecular formula is C22H25FN4OS. The van der Waals surface area contributed by atoms with E-state index in [0.29, 0.717) is 17.0 Å². The molecule has 0 aliphatic carbocycles. The molecule has 4 heterocycles.